The topological polar surface area (TPSA) is 69.7 Å². The second-order valence-corrected chi connectivity index (χ2v) is 6.23. The molecule has 2 aromatic rings. The highest BCUT2D eigenvalue weighted by atomic mass is 16.5. The van der Waals surface area contributed by atoms with E-state index >= 15 is 0 Å². The van der Waals surface area contributed by atoms with Gasteiger partial charge < -0.3 is 9.47 Å². The predicted octanol–water partition coefficient (Wildman–Crippen LogP) is 3.84. The van der Waals surface area contributed by atoms with Crippen LogP contribution in [0.15, 0.2) is 48.5 Å². The first-order valence-corrected chi connectivity index (χ1v) is 8.89. The third kappa shape index (κ3) is 5.03. The van der Waals surface area contributed by atoms with Crippen LogP contribution in [0.1, 0.15) is 35.7 Å². The van der Waals surface area contributed by atoms with Crippen LogP contribution < -0.4 is 0 Å². The number of benzene rings is 2. The largest absolute Gasteiger partial charge is 0.468 e. The smallest absolute Gasteiger partial charge is 0.338 e. The molecule has 27 heavy (non-hydrogen) atoms. The highest BCUT2D eigenvalue weighted by molar-refractivity contribution is 6.00. The minimum Gasteiger partial charge on any atom is -0.468 e. The zero-order valence-corrected chi connectivity index (χ0v) is 15.9. The van der Waals surface area contributed by atoms with E-state index in [9.17, 15) is 14.4 Å². The summed E-state index contributed by atoms with van der Waals surface area (Å²) in [6.07, 6.45) is 1.16. The van der Waals surface area contributed by atoms with Crippen molar-refractivity contribution in [1.29, 1.82) is 0 Å². The molecular weight excluding hydrogens is 344 g/mol. The minimum absolute atomic E-state index is 0.156. The lowest BCUT2D eigenvalue weighted by atomic mass is 9.90. The Balaban J connectivity index is 2.41. The van der Waals surface area contributed by atoms with Gasteiger partial charge in [0.2, 0.25) is 0 Å². The van der Waals surface area contributed by atoms with Crippen molar-refractivity contribution in [2.75, 3.05) is 14.2 Å². The van der Waals surface area contributed by atoms with E-state index < -0.39 is 17.9 Å². The Bertz CT molecular complexity index is 811. The molecule has 2 aromatic carbocycles. The lowest BCUT2D eigenvalue weighted by molar-refractivity contribution is -0.149. The highest BCUT2D eigenvalue weighted by Gasteiger charge is 2.27. The molecule has 0 saturated carbocycles. The number of carbonyl (C=O) groups is 3. The molecule has 0 radical (unpaired) electrons. The number of esters is 2. The first-order valence-electron chi connectivity index (χ1n) is 8.89. The van der Waals surface area contributed by atoms with Gasteiger partial charge in [0.05, 0.1) is 19.8 Å². The van der Waals surface area contributed by atoms with E-state index in [1.807, 2.05) is 49.4 Å². The van der Waals surface area contributed by atoms with Crippen molar-refractivity contribution in [2.45, 2.75) is 26.2 Å². The summed E-state index contributed by atoms with van der Waals surface area (Å²) in [4.78, 5) is 36.7. The maximum atomic E-state index is 12.3. The van der Waals surface area contributed by atoms with E-state index in [0.29, 0.717) is 24.0 Å². The quantitative estimate of drug-likeness (QED) is 0.523. The van der Waals surface area contributed by atoms with Gasteiger partial charge in [0.1, 0.15) is 11.7 Å². The van der Waals surface area contributed by atoms with Crippen LogP contribution in [0.5, 0.6) is 0 Å². The fourth-order valence-corrected chi connectivity index (χ4v) is 2.99. The van der Waals surface area contributed by atoms with E-state index in [4.69, 9.17) is 9.47 Å². The molecule has 0 bridgehead atoms. The van der Waals surface area contributed by atoms with Gasteiger partial charge in [-0.25, -0.2) is 4.79 Å². The van der Waals surface area contributed by atoms with Gasteiger partial charge in [0, 0.05) is 6.42 Å². The molecule has 0 saturated heterocycles. The van der Waals surface area contributed by atoms with Crippen LogP contribution in [-0.4, -0.2) is 31.9 Å². The Kier molecular flexibility index (Phi) is 7.29. The number of ketones is 1. The third-order valence-electron chi connectivity index (χ3n) is 4.38. The Morgan fingerprint density at radius 2 is 1.67 bits per heavy atom. The average molecular weight is 368 g/mol. The van der Waals surface area contributed by atoms with Crippen molar-refractivity contribution >= 4 is 17.7 Å². The van der Waals surface area contributed by atoms with Crippen molar-refractivity contribution < 1.29 is 23.9 Å². The van der Waals surface area contributed by atoms with Crippen LogP contribution >= 0.6 is 0 Å². The van der Waals surface area contributed by atoms with Crippen molar-refractivity contribution in [1.82, 2.24) is 0 Å². The lowest BCUT2D eigenvalue weighted by Gasteiger charge is -2.15. The third-order valence-corrected chi connectivity index (χ3v) is 4.38. The summed E-state index contributed by atoms with van der Waals surface area (Å²) in [5, 5.41) is 0. The zero-order chi connectivity index (χ0) is 19.8. The number of rotatable bonds is 8. The van der Waals surface area contributed by atoms with Crippen LogP contribution in [0.25, 0.3) is 11.1 Å². The molecule has 0 N–H and O–H groups in total. The number of ether oxygens (including phenoxy) is 2. The average Bonchev–Trinajstić information content (AvgIpc) is 2.71. The second-order valence-electron chi connectivity index (χ2n) is 6.23. The standard InChI is InChI=1S/C22H24O5/c1-4-8-20(23)19(22(25)27-3)14-15-11-12-17(16-9-6-5-7-10-16)18(13-15)21(24)26-2/h5-7,9-13,19H,4,8,14H2,1-3H3. The van der Waals surface area contributed by atoms with Gasteiger partial charge in [-0.3, -0.25) is 9.59 Å². The molecule has 1 atom stereocenters. The Labute approximate surface area is 159 Å². The van der Waals surface area contributed by atoms with Gasteiger partial charge in [-0.1, -0.05) is 49.4 Å². The molecule has 0 spiro atoms. The molecule has 0 heterocycles. The maximum Gasteiger partial charge on any atom is 0.338 e. The summed E-state index contributed by atoms with van der Waals surface area (Å²) >= 11 is 0. The van der Waals surface area contributed by atoms with Crippen LogP contribution in [0.4, 0.5) is 0 Å². The molecule has 2 rings (SSSR count). The normalized spacial score (nSPS) is 11.5. The van der Waals surface area contributed by atoms with Gasteiger partial charge in [-0.15, -0.1) is 0 Å². The molecule has 0 fully saturated rings. The van der Waals surface area contributed by atoms with Crippen LogP contribution in [0.3, 0.4) is 0 Å². The molecule has 1 unspecified atom stereocenters. The molecule has 0 aliphatic carbocycles. The SMILES string of the molecule is CCCC(=O)C(Cc1ccc(-c2ccccc2)c(C(=O)OC)c1)C(=O)OC. The van der Waals surface area contributed by atoms with Gasteiger partial charge in [0.25, 0.3) is 0 Å². The van der Waals surface area contributed by atoms with E-state index in [0.717, 1.165) is 11.1 Å². The summed E-state index contributed by atoms with van der Waals surface area (Å²) in [5.74, 6) is -2.05. The molecule has 5 nitrogen and oxygen atoms in total. The summed E-state index contributed by atoms with van der Waals surface area (Å²) in [5.41, 5.74) is 2.72. The van der Waals surface area contributed by atoms with Gasteiger partial charge in [0.15, 0.2) is 0 Å². The monoisotopic (exact) mass is 368 g/mol. The molecule has 0 amide bonds. The minimum atomic E-state index is -0.872. The van der Waals surface area contributed by atoms with Crippen LogP contribution in [0.2, 0.25) is 0 Å². The van der Waals surface area contributed by atoms with Crippen molar-refractivity contribution in [3.05, 3.63) is 59.7 Å². The van der Waals surface area contributed by atoms with E-state index in [1.165, 1.54) is 14.2 Å². The molecule has 5 heteroatoms. The lowest BCUT2D eigenvalue weighted by Crippen LogP contribution is -2.27. The first-order chi connectivity index (χ1) is 13.0. The van der Waals surface area contributed by atoms with Gasteiger partial charge in [-0.2, -0.15) is 0 Å². The zero-order valence-electron chi connectivity index (χ0n) is 15.9. The van der Waals surface area contributed by atoms with Crippen LogP contribution in [-0.2, 0) is 25.5 Å². The molecule has 142 valence electrons. The van der Waals surface area contributed by atoms with Crippen molar-refractivity contribution in [2.24, 2.45) is 5.92 Å². The summed E-state index contributed by atoms with van der Waals surface area (Å²) in [6.45, 7) is 1.89. The summed E-state index contributed by atoms with van der Waals surface area (Å²) in [6, 6.07) is 14.8. The van der Waals surface area contributed by atoms with Gasteiger partial charge in [-0.05, 0) is 35.6 Å². The van der Waals surface area contributed by atoms with Crippen molar-refractivity contribution in [3.63, 3.8) is 0 Å². The maximum absolute atomic E-state index is 12.3. The molecule has 0 aliphatic heterocycles. The van der Waals surface area contributed by atoms with E-state index in [2.05, 4.69) is 0 Å². The summed E-state index contributed by atoms with van der Waals surface area (Å²) < 4.78 is 9.71. The van der Waals surface area contributed by atoms with Crippen molar-refractivity contribution in [3.8, 4) is 11.1 Å². The van der Waals surface area contributed by atoms with Crippen LogP contribution in [0, 0.1) is 5.92 Å². The summed E-state index contributed by atoms with van der Waals surface area (Å²) in [7, 11) is 2.60. The molecule has 0 aromatic heterocycles. The Morgan fingerprint density at radius 1 is 0.963 bits per heavy atom. The Morgan fingerprint density at radius 3 is 2.26 bits per heavy atom. The number of Topliss-reactive ketones (excluding diaryl/α,β-unsaturated/α-hetero) is 1. The fraction of sp³-hybridized carbons (Fsp3) is 0.318. The molecular formula is C22H24O5. The van der Waals surface area contributed by atoms with E-state index in [-0.39, 0.29) is 12.2 Å². The fourth-order valence-electron chi connectivity index (χ4n) is 2.99. The number of methoxy groups -OCH3 is 2. The number of hydrogen-bond acceptors (Lipinski definition) is 5. The second kappa shape index (κ2) is 9.67. The Hall–Kier alpha value is -2.95. The predicted molar refractivity (Wildman–Crippen MR) is 102 cm³/mol. The number of carbonyl (C=O) groups excluding carboxylic acids is 3. The highest BCUT2D eigenvalue weighted by Crippen LogP contribution is 2.27. The van der Waals surface area contributed by atoms with E-state index in [1.54, 1.807) is 6.07 Å². The first kappa shape index (κ1) is 20.4. The molecule has 0 aliphatic rings. The van der Waals surface area contributed by atoms with Gasteiger partial charge >= 0.3 is 11.9 Å². The number of hydrogen-bond donors (Lipinski definition) is 0.